The zero-order chi connectivity index (χ0) is 31.8. The summed E-state index contributed by atoms with van der Waals surface area (Å²) in [6.07, 6.45) is 11.7. The van der Waals surface area contributed by atoms with Gasteiger partial charge in [-0.3, -0.25) is 4.79 Å². The number of hydrogen-bond acceptors (Lipinski definition) is 5. The molecule has 3 nitrogen and oxygen atoms in total. The third-order valence-corrected chi connectivity index (χ3v) is 9.73. The van der Waals surface area contributed by atoms with Crippen molar-refractivity contribution in [3.63, 3.8) is 0 Å². The van der Waals surface area contributed by atoms with Crippen molar-refractivity contribution in [1.29, 1.82) is 0 Å². The van der Waals surface area contributed by atoms with Crippen LogP contribution in [0.15, 0.2) is 64.8 Å². The minimum Gasteiger partial charge on any atom is -0.463 e. The first-order valence-corrected chi connectivity index (χ1v) is 17.7. The molecule has 0 spiro atoms. The van der Waals surface area contributed by atoms with Gasteiger partial charge in [0.1, 0.15) is 0 Å². The number of fused-ring (bicyclic) bond motifs is 1. The number of carbonyl (C=O) groups is 1. The molecule has 0 unspecified atom stereocenters. The highest BCUT2D eigenvalue weighted by Crippen LogP contribution is 2.38. The monoisotopic (exact) mass is 646 g/mol. The Bertz CT molecular complexity index is 1400. The Balaban J connectivity index is 1.44. The van der Waals surface area contributed by atoms with Crippen molar-refractivity contribution in [2.75, 3.05) is 12.4 Å². The molecule has 0 N–H and O–H groups in total. The van der Waals surface area contributed by atoms with Crippen LogP contribution >= 0.6 is 23.1 Å². The summed E-state index contributed by atoms with van der Waals surface area (Å²) in [4.78, 5) is 25.1. The van der Waals surface area contributed by atoms with Gasteiger partial charge in [-0.25, -0.2) is 4.79 Å². The lowest BCUT2D eigenvalue weighted by molar-refractivity contribution is -0.138. The molecule has 0 amide bonds. The molecule has 0 aliphatic carbocycles. The zero-order valence-electron chi connectivity index (χ0n) is 25.8. The summed E-state index contributed by atoms with van der Waals surface area (Å²) in [7, 11) is 0. The Hall–Kier alpha value is -2.58. The van der Waals surface area contributed by atoms with Gasteiger partial charge in [-0.1, -0.05) is 107 Å². The largest absolute Gasteiger partial charge is 0.463 e. The number of esters is 1. The smallest absolute Gasteiger partial charge is 0.417 e. The molecular formula is C36H45F3O3S2. The Morgan fingerprint density at radius 1 is 0.864 bits per heavy atom. The van der Waals surface area contributed by atoms with Crippen molar-refractivity contribution in [3.8, 4) is 11.1 Å². The van der Waals surface area contributed by atoms with E-state index in [4.69, 9.17) is 4.74 Å². The highest BCUT2D eigenvalue weighted by atomic mass is 32.2. The topological polar surface area (TPSA) is 43.4 Å². The van der Waals surface area contributed by atoms with Gasteiger partial charge < -0.3 is 4.74 Å². The summed E-state index contributed by atoms with van der Waals surface area (Å²) in [5, 5.41) is 0.783. The molecule has 0 fully saturated rings. The van der Waals surface area contributed by atoms with Crippen LogP contribution in [-0.4, -0.2) is 18.3 Å². The van der Waals surface area contributed by atoms with Crippen LogP contribution in [0.1, 0.15) is 102 Å². The highest BCUT2D eigenvalue weighted by Gasteiger charge is 2.34. The van der Waals surface area contributed by atoms with E-state index < -0.39 is 11.7 Å². The number of alkyl halides is 3. The highest BCUT2D eigenvalue weighted by molar-refractivity contribution is 7.99. The van der Waals surface area contributed by atoms with Crippen LogP contribution in [0.2, 0.25) is 0 Å². The molecule has 0 saturated carbocycles. The summed E-state index contributed by atoms with van der Waals surface area (Å²) in [6, 6.07) is 11.9. The maximum absolute atomic E-state index is 14.0. The first kappa shape index (κ1) is 35.9. The van der Waals surface area contributed by atoms with E-state index in [-0.39, 0.29) is 21.8 Å². The maximum Gasteiger partial charge on any atom is 0.417 e. The van der Waals surface area contributed by atoms with Crippen molar-refractivity contribution >= 4 is 39.2 Å². The number of halogens is 3. The maximum atomic E-state index is 14.0. The van der Waals surface area contributed by atoms with Gasteiger partial charge in [0.2, 0.25) is 4.74 Å². The van der Waals surface area contributed by atoms with Gasteiger partial charge in [0.25, 0.3) is 0 Å². The number of carbonyl (C=O) groups excluding carboxylic acids is 1. The summed E-state index contributed by atoms with van der Waals surface area (Å²) in [5.41, 5.74) is -0.00550. The number of ether oxygens (including phenoxy) is 1. The van der Waals surface area contributed by atoms with Crippen LogP contribution in [0.4, 0.5) is 13.2 Å². The third-order valence-electron chi connectivity index (χ3n) is 7.67. The van der Waals surface area contributed by atoms with E-state index in [1.165, 1.54) is 63.2 Å². The number of hydrogen-bond donors (Lipinski definition) is 0. The Morgan fingerprint density at radius 3 is 2.20 bits per heavy atom. The molecule has 2 aromatic carbocycles. The van der Waals surface area contributed by atoms with Crippen LogP contribution in [0.5, 0.6) is 0 Å². The molecule has 8 heteroatoms. The van der Waals surface area contributed by atoms with Crippen LogP contribution in [-0.2, 0) is 22.1 Å². The van der Waals surface area contributed by atoms with Crippen LogP contribution < -0.4 is 4.74 Å². The van der Waals surface area contributed by atoms with Gasteiger partial charge in [-0.05, 0) is 72.2 Å². The number of unbranched alkanes of at least 4 members (excludes halogenated alkanes) is 11. The third kappa shape index (κ3) is 12.1. The van der Waals surface area contributed by atoms with E-state index in [1.54, 1.807) is 23.9 Å². The fourth-order valence-electron chi connectivity index (χ4n) is 5.20. The SMILES string of the molecule is C=CC(=O)OCCCCCCCCCCCCSc1ccc2cc(-c3ccc(CCCCC)cc3C(F)(F)F)c(=O)sc2c1. The molecule has 0 atom stereocenters. The van der Waals surface area contributed by atoms with Gasteiger partial charge in [-0.2, -0.15) is 13.2 Å². The van der Waals surface area contributed by atoms with E-state index in [2.05, 4.69) is 13.5 Å². The molecule has 0 aliphatic heterocycles. The van der Waals surface area contributed by atoms with E-state index in [1.807, 2.05) is 18.2 Å². The minimum atomic E-state index is -4.53. The molecule has 3 rings (SSSR count). The minimum absolute atomic E-state index is 0.0397. The Morgan fingerprint density at radius 2 is 1.55 bits per heavy atom. The molecular weight excluding hydrogens is 602 g/mol. The standard InChI is InChI=1S/C36H45F3O3S2/c1-3-5-14-17-27-18-21-30(32(24-27)36(37,38)39)31-25-28-19-20-29(26-33(28)44-35(31)41)43-23-16-13-11-9-7-6-8-10-12-15-22-42-34(40)4-2/h4,18-21,24-26H,2-3,5-17,22-23H2,1H3. The average molecular weight is 647 g/mol. The summed E-state index contributed by atoms with van der Waals surface area (Å²) >= 11 is 2.78. The van der Waals surface area contributed by atoms with Gasteiger partial charge in [-0.15, -0.1) is 11.8 Å². The number of aryl methyl sites for hydroxylation is 1. The lowest BCUT2D eigenvalue weighted by Gasteiger charge is -2.15. The molecule has 0 saturated heterocycles. The van der Waals surface area contributed by atoms with Gasteiger partial charge in [0.15, 0.2) is 0 Å². The number of rotatable bonds is 20. The lowest BCUT2D eigenvalue weighted by atomic mass is 9.96. The lowest BCUT2D eigenvalue weighted by Crippen LogP contribution is -2.11. The molecule has 3 aromatic rings. The van der Waals surface area contributed by atoms with Gasteiger partial charge in [0.05, 0.1) is 12.2 Å². The number of thioether (sulfide) groups is 1. The van der Waals surface area contributed by atoms with Gasteiger partial charge >= 0.3 is 12.1 Å². The van der Waals surface area contributed by atoms with E-state index >= 15 is 0 Å². The Kier molecular flexibility index (Phi) is 15.5. The van der Waals surface area contributed by atoms with E-state index in [9.17, 15) is 22.8 Å². The first-order valence-electron chi connectivity index (χ1n) is 15.9. The molecule has 0 bridgehead atoms. The quantitative estimate of drug-likeness (QED) is 0.0530. The molecule has 240 valence electrons. The average Bonchev–Trinajstić information content (AvgIpc) is 3.00. The van der Waals surface area contributed by atoms with Crippen LogP contribution in [0.3, 0.4) is 0 Å². The first-order chi connectivity index (χ1) is 21.2. The van der Waals surface area contributed by atoms with Gasteiger partial charge in [0, 0.05) is 21.2 Å². The Labute approximate surface area is 268 Å². The number of benzene rings is 2. The second kappa shape index (κ2) is 19.1. The van der Waals surface area contributed by atoms with Crippen LogP contribution in [0.25, 0.3) is 21.2 Å². The molecule has 0 aliphatic rings. The summed E-state index contributed by atoms with van der Waals surface area (Å²) < 4.78 is 47.5. The van der Waals surface area contributed by atoms with Crippen LogP contribution in [0, 0.1) is 0 Å². The zero-order valence-corrected chi connectivity index (χ0v) is 27.4. The van der Waals surface area contributed by atoms with E-state index in [0.29, 0.717) is 18.6 Å². The summed E-state index contributed by atoms with van der Waals surface area (Å²) in [5.74, 6) is 0.644. The van der Waals surface area contributed by atoms with Crippen molar-refractivity contribution in [3.05, 3.63) is 75.8 Å². The molecule has 44 heavy (non-hydrogen) atoms. The predicted octanol–water partition coefficient (Wildman–Crippen LogP) is 11.4. The molecule has 1 heterocycles. The van der Waals surface area contributed by atoms with E-state index in [0.717, 1.165) is 70.6 Å². The molecule has 0 radical (unpaired) electrons. The fraction of sp³-hybridized carbons (Fsp3) is 0.500. The molecule has 1 aromatic heterocycles. The van der Waals surface area contributed by atoms with Crippen molar-refractivity contribution in [2.45, 2.75) is 108 Å². The summed E-state index contributed by atoms with van der Waals surface area (Å²) in [6.45, 7) is 5.92. The second-order valence-electron chi connectivity index (χ2n) is 11.2. The second-order valence-corrected chi connectivity index (χ2v) is 13.4. The van der Waals surface area contributed by atoms with Crippen molar-refractivity contribution < 1.29 is 22.7 Å². The van der Waals surface area contributed by atoms with Crippen molar-refractivity contribution in [1.82, 2.24) is 0 Å². The van der Waals surface area contributed by atoms with Crippen molar-refractivity contribution in [2.24, 2.45) is 0 Å². The normalized spacial score (nSPS) is 11.6. The fourth-order valence-corrected chi connectivity index (χ4v) is 7.14. The predicted molar refractivity (Wildman–Crippen MR) is 180 cm³/mol.